The van der Waals surface area contributed by atoms with Crippen LogP contribution in [0.5, 0.6) is 0 Å². The van der Waals surface area contributed by atoms with Crippen LogP contribution in [-0.2, 0) is 0 Å². The van der Waals surface area contributed by atoms with E-state index in [1.807, 2.05) is 0 Å². The smallest absolute Gasteiger partial charge is 0.255 e. The van der Waals surface area contributed by atoms with Crippen LogP contribution in [0.3, 0.4) is 0 Å². The number of benzene rings is 2. The van der Waals surface area contributed by atoms with Crippen LogP contribution >= 0.6 is 0 Å². The number of carbonyl (C=O) groups excluding carboxylic acids is 1. The molecule has 0 aromatic heterocycles. The van der Waals surface area contributed by atoms with Crippen molar-refractivity contribution in [3.05, 3.63) is 59.9 Å². The second kappa shape index (κ2) is 5.29. The summed E-state index contributed by atoms with van der Waals surface area (Å²) in [7, 11) is 0. The van der Waals surface area contributed by atoms with Crippen LogP contribution in [-0.4, -0.2) is 5.91 Å². The van der Waals surface area contributed by atoms with Crippen molar-refractivity contribution in [2.24, 2.45) is 5.84 Å². The molecule has 0 aliphatic carbocycles. The monoisotopic (exact) mass is 245 g/mol. The first kappa shape index (κ1) is 12.1. The van der Waals surface area contributed by atoms with Crippen LogP contribution in [0.15, 0.2) is 48.5 Å². The number of nitrogens with two attached hydrogens (primary N) is 1. The minimum atomic E-state index is -0.393. The Morgan fingerprint density at radius 3 is 2.39 bits per heavy atom. The van der Waals surface area contributed by atoms with E-state index in [0.717, 1.165) is 0 Å². The molecule has 0 saturated heterocycles. The summed E-state index contributed by atoms with van der Waals surface area (Å²) in [4.78, 5) is 11.8. The summed E-state index contributed by atoms with van der Waals surface area (Å²) in [5, 5.41) is 2.61. The predicted molar refractivity (Wildman–Crippen MR) is 68.6 cm³/mol. The van der Waals surface area contributed by atoms with E-state index in [2.05, 4.69) is 10.7 Å². The Kier molecular flexibility index (Phi) is 3.54. The van der Waals surface area contributed by atoms with Crippen molar-refractivity contribution < 1.29 is 9.18 Å². The summed E-state index contributed by atoms with van der Waals surface area (Å²) in [5.74, 6) is 4.53. The van der Waals surface area contributed by atoms with Crippen molar-refractivity contribution in [2.45, 2.75) is 0 Å². The van der Waals surface area contributed by atoms with Gasteiger partial charge in [-0.05, 0) is 42.5 Å². The Morgan fingerprint density at radius 2 is 1.78 bits per heavy atom. The third-order valence-corrected chi connectivity index (χ3v) is 2.40. The number of hydrogen-bond donors (Lipinski definition) is 3. The van der Waals surface area contributed by atoms with E-state index < -0.39 is 5.82 Å². The first-order valence-corrected chi connectivity index (χ1v) is 5.32. The lowest BCUT2D eigenvalue weighted by atomic mass is 10.2. The molecule has 0 bridgehead atoms. The van der Waals surface area contributed by atoms with Gasteiger partial charge in [0.2, 0.25) is 0 Å². The third kappa shape index (κ3) is 2.83. The zero-order valence-corrected chi connectivity index (χ0v) is 9.48. The Morgan fingerprint density at radius 1 is 1.06 bits per heavy atom. The summed E-state index contributed by atoms with van der Waals surface area (Å²) in [6.45, 7) is 0. The van der Waals surface area contributed by atoms with Crippen LogP contribution in [0.1, 0.15) is 10.4 Å². The molecular formula is C13H12FN3O. The van der Waals surface area contributed by atoms with Crippen molar-refractivity contribution in [1.82, 2.24) is 0 Å². The predicted octanol–water partition coefficient (Wildman–Crippen LogP) is 2.36. The van der Waals surface area contributed by atoms with Gasteiger partial charge in [-0.15, -0.1) is 0 Å². The fourth-order valence-corrected chi connectivity index (χ4v) is 1.49. The van der Waals surface area contributed by atoms with Gasteiger partial charge in [-0.25, -0.2) is 4.39 Å². The molecule has 0 aliphatic rings. The van der Waals surface area contributed by atoms with E-state index in [4.69, 9.17) is 5.84 Å². The van der Waals surface area contributed by atoms with E-state index >= 15 is 0 Å². The largest absolute Gasteiger partial charge is 0.324 e. The van der Waals surface area contributed by atoms with Gasteiger partial charge in [0.05, 0.1) is 0 Å². The third-order valence-electron chi connectivity index (χ3n) is 2.40. The van der Waals surface area contributed by atoms with Gasteiger partial charge >= 0.3 is 0 Å². The number of halogens is 1. The second-order valence-corrected chi connectivity index (χ2v) is 3.69. The molecule has 0 spiro atoms. The highest BCUT2D eigenvalue weighted by Crippen LogP contribution is 2.13. The van der Waals surface area contributed by atoms with Crippen molar-refractivity contribution in [3.8, 4) is 0 Å². The van der Waals surface area contributed by atoms with Crippen LogP contribution < -0.4 is 16.6 Å². The maximum atomic E-state index is 12.9. The Balaban J connectivity index is 2.11. The van der Waals surface area contributed by atoms with Crippen molar-refractivity contribution in [2.75, 3.05) is 10.7 Å². The number of anilines is 2. The van der Waals surface area contributed by atoms with Gasteiger partial charge in [-0.3, -0.25) is 10.6 Å². The molecule has 18 heavy (non-hydrogen) atoms. The number of hydrazine groups is 1. The topological polar surface area (TPSA) is 67.1 Å². The Hall–Kier alpha value is -2.40. The number of nitrogens with one attached hydrogen (secondary N) is 2. The lowest BCUT2D eigenvalue weighted by Crippen LogP contribution is -2.12. The van der Waals surface area contributed by atoms with Gasteiger partial charge in [0.25, 0.3) is 5.91 Å². The summed E-state index contributed by atoms with van der Waals surface area (Å²) in [5.41, 5.74) is 4.06. The molecule has 0 radical (unpaired) electrons. The van der Waals surface area contributed by atoms with Crippen molar-refractivity contribution in [1.29, 1.82) is 0 Å². The summed E-state index contributed by atoms with van der Waals surface area (Å²) >= 11 is 0. The normalized spacial score (nSPS) is 9.89. The van der Waals surface area contributed by atoms with E-state index in [1.54, 1.807) is 30.3 Å². The molecule has 0 heterocycles. The summed E-state index contributed by atoms with van der Waals surface area (Å²) < 4.78 is 12.9. The molecule has 2 rings (SSSR count). The number of hydrogen-bond acceptors (Lipinski definition) is 3. The molecule has 0 fully saturated rings. The highest BCUT2D eigenvalue weighted by molar-refractivity contribution is 6.04. The van der Waals surface area contributed by atoms with E-state index in [1.165, 1.54) is 18.2 Å². The van der Waals surface area contributed by atoms with Crippen LogP contribution in [0, 0.1) is 5.82 Å². The van der Waals surface area contributed by atoms with Crippen molar-refractivity contribution >= 4 is 17.3 Å². The van der Waals surface area contributed by atoms with Gasteiger partial charge < -0.3 is 10.7 Å². The minimum absolute atomic E-state index is 0.302. The highest BCUT2D eigenvalue weighted by atomic mass is 19.1. The fourth-order valence-electron chi connectivity index (χ4n) is 1.49. The highest BCUT2D eigenvalue weighted by Gasteiger charge is 2.06. The molecule has 0 unspecified atom stereocenters. The van der Waals surface area contributed by atoms with Gasteiger partial charge in [-0.2, -0.15) is 0 Å². The minimum Gasteiger partial charge on any atom is -0.324 e. The van der Waals surface area contributed by atoms with Gasteiger partial charge in [0.15, 0.2) is 0 Å². The maximum absolute atomic E-state index is 12.9. The molecule has 1 amide bonds. The summed E-state index contributed by atoms with van der Waals surface area (Å²) in [6, 6.07) is 12.4. The number of amides is 1. The SMILES string of the molecule is NNc1ccc(C(=O)Nc2cccc(F)c2)cc1. The Labute approximate surface area is 104 Å². The maximum Gasteiger partial charge on any atom is 0.255 e. The van der Waals surface area contributed by atoms with Crippen LogP contribution in [0.2, 0.25) is 0 Å². The lowest BCUT2D eigenvalue weighted by molar-refractivity contribution is 0.102. The number of nitrogen functional groups attached to an aromatic ring is 1. The molecule has 4 N–H and O–H groups in total. The molecule has 0 saturated carbocycles. The first-order valence-electron chi connectivity index (χ1n) is 5.32. The fraction of sp³-hybridized carbons (Fsp3) is 0. The van der Waals surface area contributed by atoms with E-state index in [0.29, 0.717) is 16.9 Å². The molecule has 0 atom stereocenters. The van der Waals surface area contributed by atoms with Gasteiger partial charge in [0, 0.05) is 16.9 Å². The average Bonchev–Trinajstić information content (AvgIpc) is 2.39. The van der Waals surface area contributed by atoms with Crippen LogP contribution in [0.4, 0.5) is 15.8 Å². The first-order chi connectivity index (χ1) is 8.69. The molecule has 5 heteroatoms. The zero-order valence-electron chi connectivity index (χ0n) is 9.48. The van der Waals surface area contributed by atoms with Gasteiger partial charge in [-0.1, -0.05) is 6.07 Å². The number of carbonyl (C=O) groups is 1. The quantitative estimate of drug-likeness (QED) is 0.574. The van der Waals surface area contributed by atoms with Gasteiger partial charge in [0.1, 0.15) is 5.82 Å². The molecular weight excluding hydrogens is 233 g/mol. The Bertz CT molecular complexity index is 554. The molecule has 4 nitrogen and oxygen atoms in total. The second-order valence-electron chi connectivity index (χ2n) is 3.69. The summed E-state index contributed by atoms with van der Waals surface area (Å²) in [6.07, 6.45) is 0. The molecule has 2 aromatic rings. The standard InChI is InChI=1S/C13H12FN3O/c14-10-2-1-3-12(8-10)16-13(18)9-4-6-11(17-15)7-5-9/h1-8,17H,15H2,(H,16,18). The molecule has 92 valence electrons. The van der Waals surface area contributed by atoms with E-state index in [-0.39, 0.29) is 5.91 Å². The van der Waals surface area contributed by atoms with Crippen molar-refractivity contribution in [3.63, 3.8) is 0 Å². The molecule has 2 aromatic carbocycles. The lowest BCUT2D eigenvalue weighted by Gasteiger charge is -2.06. The van der Waals surface area contributed by atoms with E-state index in [9.17, 15) is 9.18 Å². The zero-order chi connectivity index (χ0) is 13.0. The number of rotatable bonds is 3. The molecule has 0 aliphatic heterocycles. The van der Waals surface area contributed by atoms with Crippen LogP contribution in [0.25, 0.3) is 0 Å². The average molecular weight is 245 g/mol.